The van der Waals surface area contributed by atoms with Crippen LogP contribution in [0.15, 0.2) is 0 Å². The first-order valence-electron chi connectivity index (χ1n) is 15.0. The Bertz CT molecular complexity index is 301. The van der Waals surface area contributed by atoms with Crippen molar-refractivity contribution in [3.05, 3.63) is 0 Å². The van der Waals surface area contributed by atoms with Gasteiger partial charge in [0.15, 0.2) is 0 Å². The third kappa shape index (κ3) is 27.9. The molecule has 0 aromatic heterocycles. The van der Waals surface area contributed by atoms with Crippen LogP contribution in [0.4, 0.5) is 0 Å². The van der Waals surface area contributed by atoms with Crippen LogP contribution in [0.2, 0.25) is 0 Å². The molecule has 31 heavy (non-hydrogen) atoms. The predicted octanol–water partition coefficient (Wildman–Crippen LogP) is 10.7. The van der Waals surface area contributed by atoms with E-state index < -0.39 is 0 Å². The molecule has 0 unspecified atom stereocenters. The number of rotatable bonds is 27. The molecule has 0 bridgehead atoms. The Hall–Kier alpha value is -0.0400. The van der Waals surface area contributed by atoms with Gasteiger partial charge in [-0.1, -0.05) is 162 Å². The minimum atomic E-state index is 1.31. The first-order chi connectivity index (χ1) is 15.3. The van der Waals surface area contributed by atoms with Crippen molar-refractivity contribution < 1.29 is 0 Å². The van der Waals surface area contributed by atoms with Crippen LogP contribution in [-0.2, 0) is 0 Å². The average molecular weight is 438 g/mol. The zero-order valence-corrected chi connectivity index (χ0v) is 22.5. The van der Waals surface area contributed by atoms with Crippen molar-refractivity contribution >= 4 is 0 Å². The molecule has 0 radical (unpaired) electrons. The normalized spacial score (nSPS) is 11.6. The second kappa shape index (κ2) is 28.0. The molecule has 0 aliphatic carbocycles. The fraction of sp³-hybridized carbons (Fsp3) is 1.00. The van der Waals surface area contributed by atoms with Crippen LogP contribution in [0.3, 0.4) is 0 Å². The molecule has 0 N–H and O–H groups in total. The van der Waals surface area contributed by atoms with Crippen molar-refractivity contribution in [3.8, 4) is 0 Å². The van der Waals surface area contributed by atoms with E-state index in [1.807, 2.05) is 0 Å². The molecule has 188 valence electrons. The van der Waals surface area contributed by atoms with E-state index >= 15 is 0 Å². The van der Waals surface area contributed by atoms with Crippen LogP contribution in [0, 0.1) is 0 Å². The molecule has 0 atom stereocenters. The summed E-state index contributed by atoms with van der Waals surface area (Å²) < 4.78 is 0. The Morgan fingerprint density at radius 1 is 0.290 bits per heavy atom. The summed E-state index contributed by atoms with van der Waals surface area (Å²) in [6.07, 6.45) is 36.4. The molecule has 0 fully saturated rings. The third-order valence-corrected chi connectivity index (χ3v) is 7.04. The van der Waals surface area contributed by atoms with Gasteiger partial charge in [0, 0.05) is 0 Å². The average Bonchev–Trinajstić information content (AvgIpc) is 2.77. The summed E-state index contributed by atoms with van der Waals surface area (Å²) in [5.74, 6) is 0. The molecule has 0 rings (SSSR count). The van der Waals surface area contributed by atoms with Gasteiger partial charge in [-0.2, -0.15) is 0 Å². The van der Waals surface area contributed by atoms with Gasteiger partial charge in [0.2, 0.25) is 0 Å². The van der Waals surface area contributed by atoms with E-state index in [0.29, 0.717) is 0 Å². The summed E-state index contributed by atoms with van der Waals surface area (Å²) in [5, 5.41) is 0. The molecule has 0 aliphatic rings. The first kappa shape index (κ1) is 31.0. The minimum absolute atomic E-state index is 1.31. The third-order valence-electron chi connectivity index (χ3n) is 7.04. The van der Waals surface area contributed by atoms with Crippen LogP contribution in [-0.4, -0.2) is 25.0 Å². The van der Waals surface area contributed by atoms with Crippen molar-refractivity contribution in [2.24, 2.45) is 0 Å². The predicted molar refractivity (Wildman–Crippen MR) is 144 cm³/mol. The van der Waals surface area contributed by atoms with Gasteiger partial charge in [-0.3, -0.25) is 0 Å². The lowest BCUT2D eigenvalue weighted by atomic mass is 10.0. The highest BCUT2D eigenvalue weighted by atomic mass is 15.1. The van der Waals surface area contributed by atoms with Crippen molar-refractivity contribution in [1.82, 2.24) is 4.90 Å². The van der Waals surface area contributed by atoms with Gasteiger partial charge >= 0.3 is 0 Å². The maximum Gasteiger partial charge on any atom is -0.00218 e. The lowest BCUT2D eigenvalue weighted by Crippen LogP contribution is -2.20. The zero-order chi connectivity index (χ0) is 22.7. The van der Waals surface area contributed by atoms with Crippen molar-refractivity contribution in [2.45, 2.75) is 174 Å². The molecular formula is C30H63N. The summed E-state index contributed by atoms with van der Waals surface area (Å²) in [5.41, 5.74) is 0. The topological polar surface area (TPSA) is 3.24 Å². The SMILES string of the molecule is CCCCCCCCCCCCCCCCCCCCCCN(C)CCCCCCC. The molecule has 0 saturated carbocycles. The maximum absolute atomic E-state index is 2.56. The molecule has 0 amide bonds. The number of unbranched alkanes of at least 4 members (excludes halogenated alkanes) is 23. The van der Waals surface area contributed by atoms with E-state index in [-0.39, 0.29) is 0 Å². The highest BCUT2D eigenvalue weighted by Crippen LogP contribution is 2.15. The summed E-state index contributed by atoms with van der Waals surface area (Å²) in [6, 6.07) is 0. The Labute approximate surface area is 199 Å². The zero-order valence-electron chi connectivity index (χ0n) is 22.5. The van der Waals surface area contributed by atoms with E-state index in [1.54, 1.807) is 0 Å². The summed E-state index contributed by atoms with van der Waals surface area (Å²) in [7, 11) is 2.31. The van der Waals surface area contributed by atoms with Crippen molar-refractivity contribution in [1.29, 1.82) is 0 Å². The Kier molecular flexibility index (Phi) is 28.0. The van der Waals surface area contributed by atoms with Crippen LogP contribution in [0.5, 0.6) is 0 Å². The van der Waals surface area contributed by atoms with Crippen molar-refractivity contribution in [2.75, 3.05) is 20.1 Å². The van der Waals surface area contributed by atoms with Gasteiger partial charge in [-0.05, 0) is 33.0 Å². The molecule has 0 spiro atoms. The molecule has 0 heterocycles. The van der Waals surface area contributed by atoms with E-state index in [4.69, 9.17) is 0 Å². The van der Waals surface area contributed by atoms with Crippen LogP contribution >= 0.6 is 0 Å². The smallest absolute Gasteiger partial charge is 0.00218 e. The quantitative estimate of drug-likeness (QED) is 0.115. The molecule has 1 heteroatoms. The van der Waals surface area contributed by atoms with E-state index in [1.165, 1.54) is 174 Å². The molecule has 0 saturated heterocycles. The Morgan fingerprint density at radius 3 is 0.710 bits per heavy atom. The number of hydrogen-bond donors (Lipinski definition) is 0. The minimum Gasteiger partial charge on any atom is -0.306 e. The van der Waals surface area contributed by atoms with Gasteiger partial charge < -0.3 is 4.90 Å². The standard InChI is InChI=1S/C30H63N/c1-4-6-8-10-11-12-13-14-15-16-17-18-19-20-21-22-23-24-26-28-30-31(3)29-27-25-9-7-5-2/h4-30H2,1-3H3. The van der Waals surface area contributed by atoms with Gasteiger partial charge in [0.25, 0.3) is 0 Å². The van der Waals surface area contributed by atoms with E-state index in [0.717, 1.165) is 0 Å². The monoisotopic (exact) mass is 437 g/mol. The summed E-state index contributed by atoms with van der Waals surface area (Å²) in [6.45, 7) is 7.22. The second-order valence-electron chi connectivity index (χ2n) is 10.4. The first-order valence-corrected chi connectivity index (χ1v) is 15.0. The summed E-state index contributed by atoms with van der Waals surface area (Å²) >= 11 is 0. The lowest BCUT2D eigenvalue weighted by Gasteiger charge is -2.16. The van der Waals surface area contributed by atoms with E-state index in [9.17, 15) is 0 Å². The lowest BCUT2D eigenvalue weighted by molar-refractivity contribution is 0.314. The number of nitrogens with zero attached hydrogens (tertiary/aromatic N) is 1. The maximum atomic E-state index is 2.56. The van der Waals surface area contributed by atoms with Crippen molar-refractivity contribution in [3.63, 3.8) is 0 Å². The molecule has 0 aliphatic heterocycles. The number of hydrogen-bond acceptors (Lipinski definition) is 1. The molecular weight excluding hydrogens is 374 g/mol. The summed E-state index contributed by atoms with van der Waals surface area (Å²) in [4.78, 5) is 2.56. The fourth-order valence-corrected chi connectivity index (χ4v) is 4.73. The molecule has 0 aromatic rings. The Morgan fingerprint density at radius 2 is 0.484 bits per heavy atom. The molecule has 0 aromatic carbocycles. The van der Waals surface area contributed by atoms with E-state index in [2.05, 4.69) is 25.8 Å². The Balaban J connectivity index is 3.07. The van der Waals surface area contributed by atoms with Gasteiger partial charge in [-0.15, -0.1) is 0 Å². The van der Waals surface area contributed by atoms with Crippen LogP contribution in [0.1, 0.15) is 174 Å². The highest BCUT2D eigenvalue weighted by Gasteiger charge is 1.99. The van der Waals surface area contributed by atoms with Gasteiger partial charge in [0.1, 0.15) is 0 Å². The fourth-order valence-electron chi connectivity index (χ4n) is 4.73. The molecule has 1 nitrogen and oxygen atoms in total. The van der Waals surface area contributed by atoms with Crippen LogP contribution in [0.25, 0.3) is 0 Å². The van der Waals surface area contributed by atoms with Gasteiger partial charge in [0.05, 0.1) is 0 Å². The van der Waals surface area contributed by atoms with Gasteiger partial charge in [-0.25, -0.2) is 0 Å². The largest absolute Gasteiger partial charge is 0.306 e. The van der Waals surface area contributed by atoms with Crippen LogP contribution < -0.4 is 0 Å². The second-order valence-corrected chi connectivity index (χ2v) is 10.4. The highest BCUT2D eigenvalue weighted by molar-refractivity contribution is 4.55.